The zero-order chi connectivity index (χ0) is 27.9. The fraction of sp³-hybridized carbons (Fsp3) is 0.179. The largest absolute Gasteiger partial charge is 0.478 e. The standard InChI is InChI=1S/C28H27N5O4S2/c1-17-16-22(18(2)32(17)24-10-5-4-8-21(24)27(34)35)26-25(23-9-6-7-15-29-23)30-28(38)33(26)20-13-11-19(12-14-20)31-39(3,36)37/h4-16,25-26,31H,1-3H3,(H,30,38)(H,34,35)/t25-,26+/m0/s1. The average molecular weight is 562 g/mol. The first kappa shape index (κ1) is 26.4. The molecule has 1 aliphatic rings. The Morgan fingerprint density at radius 2 is 1.74 bits per heavy atom. The topological polar surface area (TPSA) is 117 Å². The number of benzene rings is 2. The van der Waals surface area contributed by atoms with Gasteiger partial charge in [-0.1, -0.05) is 18.2 Å². The van der Waals surface area contributed by atoms with Crippen LogP contribution < -0.4 is 14.9 Å². The first-order chi connectivity index (χ1) is 18.5. The zero-order valence-corrected chi connectivity index (χ0v) is 23.1. The number of para-hydroxylation sites is 1. The Balaban J connectivity index is 1.65. The molecule has 0 aliphatic carbocycles. The first-order valence-electron chi connectivity index (χ1n) is 12.1. The molecule has 5 rings (SSSR count). The Bertz CT molecular complexity index is 1670. The summed E-state index contributed by atoms with van der Waals surface area (Å²) >= 11 is 5.82. The van der Waals surface area contributed by atoms with Gasteiger partial charge >= 0.3 is 5.97 Å². The van der Waals surface area contributed by atoms with E-state index >= 15 is 0 Å². The number of rotatable bonds is 7. The van der Waals surface area contributed by atoms with E-state index in [9.17, 15) is 18.3 Å². The number of anilines is 2. The summed E-state index contributed by atoms with van der Waals surface area (Å²) in [6.07, 6.45) is 2.84. The van der Waals surface area contributed by atoms with Gasteiger partial charge in [-0.3, -0.25) is 9.71 Å². The van der Waals surface area contributed by atoms with E-state index in [-0.39, 0.29) is 17.6 Å². The van der Waals surface area contributed by atoms with Crippen molar-refractivity contribution >= 4 is 44.7 Å². The monoisotopic (exact) mass is 561 g/mol. The Hall–Kier alpha value is -4.22. The minimum atomic E-state index is -3.42. The number of carboxylic acid groups (broad SMARTS) is 1. The predicted molar refractivity (Wildman–Crippen MR) is 155 cm³/mol. The molecule has 1 fully saturated rings. The van der Waals surface area contributed by atoms with Crippen molar-refractivity contribution in [2.24, 2.45) is 0 Å². The van der Waals surface area contributed by atoms with Gasteiger partial charge in [0.1, 0.15) is 0 Å². The van der Waals surface area contributed by atoms with E-state index in [0.717, 1.165) is 34.6 Å². The zero-order valence-electron chi connectivity index (χ0n) is 21.5. The van der Waals surface area contributed by atoms with Crippen molar-refractivity contribution in [3.63, 3.8) is 0 Å². The van der Waals surface area contributed by atoms with Gasteiger partial charge in [-0.2, -0.15) is 0 Å². The summed E-state index contributed by atoms with van der Waals surface area (Å²) in [6, 6.07) is 21.1. The summed E-state index contributed by atoms with van der Waals surface area (Å²) in [5, 5.41) is 13.8. The number of nitrogens with one attached hydrogen (secondary N) is 2. The first-order valence-corrected chi connectivity index (χ1v) is 14.4. The summed E-state index contributed by atoms with van der Waals surface area (Å²) in [4.78, 5) is 18.6. The molecular weight excluding hydrogens is 534 g/mol. The molecule has 1 aliphatic heterocycles. The summed E-state index contributed by atoms with van der Waals surface area (Å²) in [5.74, 6) is -1.00. The quantitative estimate of drug-likeness (QED) is 0.277. The smallest absolute Gasteiger partial charge is 0.337 e. The van der Waals surface area contributed by atoms with Gasteiger partial charge < -0.3 is 19.9 Å². The predicted octanol–water partition coefficient (Wildman–Crippen LogP) is 4.74. The Labute approximate surface area is 232 Å². The van der Waals surface area contributed by atoms with E-state index in [2.05, 4.69) is 21.1 Å². The summed E-state index contributed by atoms with van der Waals surface area (Å²) < 4.78 is 27.8. The number of carbonyl (C=O) groups is 1. The number of aryl methyl sites for hydroxylation is 1. The molecule has 0 spiro atoms. The van der Waals surface area contributed by atoms with Gasteiger partial charge in [0.2, 0.25) is 10.0 Å². The third-order valence-corrected chi connectivity index (χ3v) is 7.63. The normalized spacial score (nSPS) is 17.2. The SMILES string of the molecule is Cc1cc([C@@H]2[C@H](c3ccccn3)NC(=S)N2c2ccc(NS(C)(=O)=O)cc2)c(C)n1-c1ccccc1C(=O)O. The molecule has 9 nitrogen and oxygen atoms in total. The maximum Gasteiger partial charge on any atom is 0.337 e. The minimum Gasteiger partial charge on any atom is -0.478 e. The molecule has 1 saturated heterocycles. The number of carboxylic acids is 1. The summed E-state index contributed by atoms with van der Waals surface area (Å²) in [6.45, 7) is 3.91. The second-order valence-corrected chi connectivity index (χ2v) is 11.5. The molecule has 2 aromatic heterocycles. The second-order valence-electron chi connectivity index (χ2n) is 9.40. The van der Waals surface area contributed by atoms with Crippen LogP contribution in [0.5, 0.6) is 0 Å². The highest BCUT2D eigenvalue weighted by molar-refractivity contribution is 7.92. The van der Waals surface area contributed by atoms with Gasteiger partial charge in [0.05, 0.1) is 35.3 Å². The Morgan fingerprint density at radius 3 is 2.38 bits per heavy atom. The molecule has 39 heavy (non-hydrogen) atoms. The van der Waals surface area contributed by atoms with E-state index in [1.165, 1.54) is 0 Å². The fourth-order valence-corrected chi connectivity index (χ4v) is 6.07. The number of aromatic nitrogens is 2. The van der Waals surface area contributed by atoms with Crippen LogP contribution in [0.3, 0.4) is 0 Å². The van der Waals surface area contributed by atoms with E-state index in [4.69, 9.17) is 12.2 Å². The molecule has 2 atom stereocenters. The number of sulfonamides is 1. The van der Waals surface area contributed by atoms with Gasteiger partial charge in [0.25, 0.3) is 0 Å². The Morgan fingerprint density at radius 1 is 1.05 bits per heavy atom. The number of aromatic carboxylic acids is 1. The third kappa shape index (κ3) is 5.10. The molecule has 0 unspecified atom stereocenters. The molecule has 11 heteroatoms. The van der Waals surface area contributed by atoms with Crippen LogP contribution in [0.25, 0.3) is 5.69 Å². The van der Waals surface area contributed by atoms with Crippen molar-refractivity contribution in [2.45, 2.75) is 25.9 Å². The summed E-state index contributed by atoms with van der Waals surface area (Å²) in [5.41, 5.74) is 5.51. The van der Waals surface area contributed by atoms with Crippen molar-refractivity contribution in [3.05, 3.63) is 107 Å². The van der Waals surface area contributed by atoms with Gasteiger partial charge in [0, 0.05) is 29.0 Å². The van der Waals surface area contributed by atoms with Crippen LogP contribution >= 0.6 is 12.2 Å². The maximum atomic E-state index is 12.0. The lowest BCUT2D eigenvalue weighted by molar-refractivity contribution is 0.0697. The van der Waals surface area contributed by atoms with Crippen molar-refractivity contribution < 1.29 is 18.3 Å². The molecule has 4 aromatic rings. The molecule has 0 bridgehead atoms. The van der Waals surface area contributed by atoms with Gasteiger partial charge in [-0.25, -0.2) is 13.2 Å². The highest BCUT2D eigenvalue weighted by Gasteiger charge is 2.42. The molecule has 0 amide bonds. The number of nitrogens with zero attached hydrogens (tertiary/aromatic N) is 3. The lowest BCUT2D eigenvalue weighted by atomic mass is 9.96. The van der Waals surface area contributed by atoms with Crippen molar-refractivity contribution in [3.8, 4) is 5.69 Å². The van der Waals surface area contributed by atoms with Gasteiger partial charge in [-0.15, -0.1) is 0 Å². The molecule has 200 valence electrons. The van der Waals surface area contributed by atoms with E-state index in [1.807, 2.05) is 59.7 Å². The Kier molecular flexibility index (Phi) is 6.87. The van der Waals surface area contributed by atoms with Gasteiger partial charge in [0.15, 0.2) is 5.11 Å². The van der Waals surface area contributed by atoms with Crippen LogP contribution in [-0.2, 0) is 10.0 Å². The van der Waals surface area contributed by atoms with E-state index in [1.54, 1.807) is 36.5 Å². The number of pyridine rings is 1. The molecule has 0 saturated carbocycles. The molecule has 0 radical (unpaired) electrons. The lowest BCUT2D eigenvalue weighted by Crippen LogP contribution is -2.29. The number of hydrogen-bond acceptors (Lipinski definition) is 5. The molecule has 3 heterocycles. The van der Waals surface area contributed by atoms with Crippen LogP contribution in [0.1, 0.15) is 45.1 Å². The maximum absolute atomic E-state index is 12.0. The van der Waals surface area contributed by atoms with Crippen LogP contribution in [-0.4, -0.2) is 40.4 Å². The number of thiocarbonyl (C=S) groups is 1. The fourth-order valence-electron chi connectivity index (χ4n) is 5.16. The highest BCUT2D eigenvalue weighted by Crippen LogP contribution is 2.44. The summed E-state index contributed by atoms with van der Waals surface area (Å²) in [7, 11) is -3.42. The van der Waals surface area contributed by atoms with Gasteiger partial charge in [-0.05, 0) is 86.2 Å². The third-order valence-electron chi connectivity index (χ3n) is 6.71. The van der Waals surface area contributed by atoms with E-state index in [0.29, 0.717) is 16.5 Å². The van der Waals surface area contributed by atoms with Crippen LogP contribution in [0.2, 0.25) is 0 Å². The van der Waals surface area contributed by atoms with Crippen LogP contribution in [0.4, 0.5) is 11.4 Å². The van der Waals surface area contributed by atoms with Crippen molar-refractivity contribution in [1.82, 2.24) is 14.9 Å². The van der Waals surface area contributed by atoms with Crippen LogP contribution in [0, 0.1) is 13.8 Å². The molecular formula is C28H27N5O4S2. The lowest BCUT2D eigenvalue weighted by Gasteiger charge is -2.28. The molecule has 3 N–H and O–H groups in total. The van der Waals surface area contributed by atoms with E-state index < -0.39 is 16.0 Å². The molecule has 2 aromatic carbocycles. The van der Waals surface area contributed by atoms with Crippen LogP contribution in [0.15, 0.2) is 79.0 Å². The highest BCUT2D eigenvalue weighted by atomic mass is 32.2. The number of hydrogen-bond donors (Lipinski definition) is 3. The average Bonchev–Trinajstić information content (AvgIpc) is 3.39. The van der Waals surface area contributed by atoms with Crippen molar-refractivity contribution in [2.75, 3.05) is 15.9 Å². The minimum absolute atomic E-state index is 0.206. The van der Waals surface area contributed by atoms with Crippen molar-refractivity contribution in [1.29, 1.82) is 0 Å². The second kappa shape index (κ2) is 10.2.